The van der Waals surface area contributed by atoms with E-state index in [4.69, 9.17) is 0 Å². The number of benzene rings is 2. The van der Waals surface area contributed by atoms with E-state index >= 15 is 0 Å². The molecule has 0 spiro atoms. The molecular weight excluding hydrogens is 432 g/mol. The molecule has 0 aromatic heterocycles. The summed E-state index contributed by atoms with van der Waals surface area (Å²) in [7, 11) is 0. The SMILES string of the molecule is CC/C=C(/C1(O)c2ccccc2-c2ccc(Br)cc21)[C@]1(C)C(C)C=CC(C)(C)[C@H]1C. The van der Waals surface area contributed by atoms with Crippen LogP contribution in [0.25, 0.3) is 11.1 Å². The van der Waals surface area contributed by atoms with Gasteiger partial charge in [0.05, 0.1) is 0 Å². The van der Waals surface area contributed by atoms with Crippen LogP contribution < -0.4 is 0 Å². The number of aliphatic hydroxyl groups is 1. The summed E-state index contributed by atoms with van der Waals surface area (Å²) < 4.78 is 0.999. The van der Waals surface area contributed by atoms with Gasteiger partial charge in [-0.3, -0.25) is 0 Å². The Morgan fingerprint density at radius 2 is 1.70 bits per heavy atom. The number of fused-ring (bicyclic) bond motifs is 3. The van der Waals surface area contributed by atoms with Crippen molar-refractivity contribution in [3.05, 3.63) is 81.9 Å². The number of hydrogen-bond donors (Lipinski definition) is 1. The van der Waals surface area contributed by atoms with E-state index < -0.39 is 5.60 Å². The van der Waals surface area contributed by atoms with E-state index in [1.807, 2.05) is 6.07 Å². The Morgan fingerprint density at radius 3 is 2.40 bits per heavy atom. The van der Waals surface area contributed by atoms with Crippen molar-refractivity contribution in [1.82, 2.24) is 0 Å². The summed E-state index contributed by atoms with van der Waals surface area (Å²) in [6.07, 6.45) is 7.91. The maximum Gasteiger partial charge on any atom is 0.138 e. The third-order valence-electron chi connectivity index (χ3n) is 8.13. The van der Waals surface area contributed by atoms with Crippen molar-refractivity contribution in [1.29, 1.82) is 0 Å². The topological polar surface area (TPSA) is 20.2 Å². The van der Waals surface area contributed by atoms with Crippen molar-refractivity contribution in [2.24, 2.45) is 22.7 Å². The first-order valence-electron chi connectivity index (χ1n) is 11.1. The highest BCUT2D eigenvalue weighted by atomic mass is 79.9. The van der Waals surface area contributed by atoms with E-state index in [0.717, 1.165) is 38.7 Å². The van der Waals surface area contributed by atoms with Crippen molar-refractivity contribution in [2.75, 3.05) is 0 Å². The highest BCUT2D eigenvalue weighted by Gasteiger charge is 2.56. The van der Waals surface area contributed by atoms with Crippen LogP contribution in [-0.2, 0) is 5.60 Å². The molecule has 0 amide bonds. The fraction of sp³-hybridized carbons (Fsp3) is 0.429. The van der Waals surface area contributed by atoms with E-state index in [2.05, 4.69) is 112 Å². The average Bonchev–Trinajstić information content (AvgIpc) is 2.97. The Kier molecular flexibility index (Phi) is 5.19. The Labute approximate surface area is 190 Å². The van der Waals surface area contributed by atoms with Gasteiger partial charge in [0.15, 0.2) is 0 Å². The lowest BCUT2D eigenvalue weighted by atomic mass is 9.51. The van der Waals surface area contributed by atoms with Crippen molar-refractivity contribution in [3.63, 3.8) is 0 Å². The van der Waals surface area contributed by atoms with Crippen LogP contribution in [0.5, 0.6) is 0 Å². The number of rotatable bonds is 3. The quantitative estimate of drug-likeness (QED) is 0.457. The van der Waals surface area contributed by atoms with Gasteiger partial charge >= 0.3 is 0 Å². The van der Waals surface area contributed by atoms with E-state index in [1.165, 1.54) is 0 Å². The van der Waals surface area contributed by atoms with Gasteiger partial charge in [-0.2, -0.15) is 0 Å². The molecule has 2 aromatic rings. The molecule has 4 rings (SSSR count). The molecule has 1 N–H and O–H groups in total. The van der Waals surface area contributed by atoms with E-state index in [0.29, 0.717) is 11.8 Å². The standard InChI is InChI=1S/C28H33BrO/c1-7-10-25(27(6)18(2)15-16-26(4,5)19(27)3)28(30)23-12-9-8-11-21(23)22-14-13-20(29)17-24(22)28/h8-19,30H,7H2,1-6H3/b25-10+/t18?,19-,27-,28?/m1/s1. The van der Waals surface area contributed by atoms with Crippen LogP contribution in [0.15, 0.2) is 70.7 Å². The summed E-state index contributed by atoms with van der Waals surface area (Å²) >= 11 is 3.66. The molecule has 2 unspecified atom stereocenters. The minimum Gasteiger partial charge on any atom is -0.376 e. The maximum atomic E-state index is 12.7. The molecule has 0 radical (unpaired) electrons. The monoisotopic (exact) mass is 464 g/mol. The molecule has 0 saturated heterocycles. The van der Waals surface area contributed by atoms with Gasteiger partial charge in [0.1, 0.15) is 5.60 Å². The molecule has 0 bridgehead atoms. The lowest BCUT2D eigenvalue weighted by Gasteiger charge is -2.54. The van der Waals surface area contributed by atoms with Gasteiger partial charge < -0.3 is 5.11 Å². The van der Waals surface area contributed by atoms with Gasteiger partial charge in [-0.15, -0.1) is 0 Å². The van der Waals surface area contributed by atoms with Crippen LogP contribution in [-0.4, -0.2) is 5.11 Å². The van der Waals surface area contributed by atoms with E-state index in [-0.39, 0.29) is 10.8 Å². The van der Waals surface area contributed by atoms with Crippen LogP contribution in [0.3, 0.4) is 0 Å². The van der Waals surface area contributed by atoms with Crippen LogP contribution in [0, 0.1) is 22.7 Å². The Hall–Kier alpha value is -1.64. The predicted molar refractivity (Wildman–Crippen MR) is 130 cm³/mol. The second-order valence-electron chi connectivity index (χ2n) is 9.95. The molecule has 0 aliphatic heterocycles. The first-order valence-corrected chi connectivity index (χ1v) is 11.9. The summed E-state index contributed by atoms with van der Waals surface area (Å²) in [5, 5.41) is 12.7. The highest BCUT2D eigenvalue weighted by Crippen LogP contribution is 2.62. The van der Waals surface area contributed by atoms with Crippen molar-refractivity contribution in [3.8, 4) is 11.1 Å². The van der Waals surface area contributed by atoms with Gasteiger partial charge in [0.2, 0.25) is 0 Å². The van der Waals surface area contributed by atoms with Crippen LogP contribution in [0.4, 0.5) is 0 Å². The summed E-state index contributed by atoms with van der Waals surface area (Å²) in [4.78, 5) is 0. The molecule has 4 atom stereocenters. The number of allylic oxidation sites excluding steroid dienone is 3. The molecule has 0 heterocycles. The summed E-state index contributed by atoms with van der Waals surface area (Å²) in [6, 6.07) is 14.7. The number of halogens is 1. The molecule has 0 fully saturated rings. The lowest BCUT2D eigenvalue weighted by molar-refractivity contribution is 0.0280. The minimum atomic E-state index is -1.13. The molecule has 2 aliphatic rings. The highest BCUT2D eigenvalue weighted by molar-refractivity contribution is 9.10. The van der Waals surface area contributed by atoms with Crippen LogP contribution in [0.2, 0.25) is 0 Å². The van der Waals surface area contributed by atoms with Gasteiger partial charge in [-0.05, 0) is 52.5 Å². The first-order chi connectivity index (χ1) is 14.1. The fourth-order valence-electron chi connectivity index (χ4n) is 5.86. The first kappa shape index (κ1) is 21.6. The van der Waals surface area contributed by atoms with Crippen LogP contribution >= 0.6 is 15.9 Å². The van der Waals surface area contributed by atoms with Gasteiger partial charge in [0.25, 0.3) is 0 Å². The molecule has 2 aliphatic carbocycles. The second kappa shape index (κ2) is 7.21. The Bertz CT molecular complexity index is 1050. The van der Waals surface area contributed by atoms with E-state index in [9.17, 15) is 5.11 Å². The summed E-state index contributed by atoms with van der Waals surface area (Å²) in [6.45, 7) is 13.8. The third-order valence-corrected chi connectivity index (χ3v) is 8.63. The zero-order valence-electron chi connectivity index (χ0n) is 19.0. The zero-order chi connectivity index (χ0) is 21.9. The lowest BCUT2D eigenvalue weighted by Crippen LogP contribution is -2.49. The molecule has 2 heteroatoms. The van der Waals surface area contributed by atoms with Crippen molar-refractivity contribution in [2.45, 2.75) is 53.6 Å². The Morgan fingerprint density at radius 1 is 1.03 bits per heavy atom. The zero-order valence-corrected chi connectivity index (χ0v) is 20.5. The Balaban J connectivity index is 2.05. The smallest absolute Gasteiger partial charge is 0.138 e. The normalized spacial score (nSPS) is 32.1. The number of hydrogen-bond acceptors (Lipinski definition) is 1. The average molecular weight is 465 g/mol. The van der Waals surface area contributed by atoms with E-state index in [1.54, 1.807) is 0 Å². The molecule has 0 saturated carbocycles. The molecular formula is C28H33BrO. The van der Waals surface area contributed by atoms with Crippen molar-refractivity contribution < 1.29 is 5.11 Å². The molecule has 30 heavy (non-hydrogen) atoms. The molecule has 158 valence electrons. The largest absolute Gasteiger partial charge is 0.376 e. The van der Waals surface area contributed by atoms with Gasteiger partial charge in [0, 0.05) is 21.0 Å². The van der Waals surface area contributed by atoms with Gasteiger partial charge in [-0.1, -0.05) is 106 Å². The summed E-state index contributed by atoms with van der Waals surface area (Å²) in [5.41, 5.74) is 4.15. The second-order valence-corrected chi connectivity index (χ2v) is 10.9. The fourth-order valence-corrected chi connectivity index (χ4v) is 6.22. The van der Waals surface area contributed by atoms with Crippen LogP contribution in [0.1, 0.15) is 59.1 Å². The third kappa shape index (κ3) is 2.83. The van der Waals surface area contributed by atoms with Crippen molar-refractivity contribution >= 4 is 15.9 Å². The maximum absolute atomic E-state index is 12.7. The predicted octanol–water partition coefficient (Wildman–Crippen LogP) is 7.88. The molecule has 2 aromatic carbocycles. The minimum absolute atomic E-state index is 0.0582. The molecule has 1 nitrogen and oxygen atoms in total. The van der Waals surface area contributed by atoms with Gasteiger partial charge in [-0.25, -0.2) is 0 Å². The summed E-state index contributed by atoms with van der Waals surface area (Å²) in [5.74, 6) is 0.695.